The number of aliphatic hydroxyl groups excluding tert-OH is 1. The largest absolute Gasteiger partial charge is 0.388 e. The molecule has 3 aromatic carbocycles. The molecule has 4 heteroatoms. The van der Waals surface area contributed by atoms with Gasteiger partial charge in [0.15, 0.2) is 5.79 Å². The minimum absolute atomic E-state index is 0.000962. The van der Waals surface area contributed by atoms with Crippen molar-refractivity contribution in [2.75, 3.05) is 6.61 Å². The molecule has 3 atom stereocenters. The molecule has 0 unspecified atom stereocenters. The highest BCUT2D eigenvalue weighted by atomic mass is 16.8. The molecule has 32 heavy (non-hydrogen) atoms. The van der Waals surface area contributed by atoms with Crippen molar-refractivity contribution in [1.82, 2.24) is 0 Å². The summed E-state index contributed by atoms with van der Waals surface area (Å²) in [4.78, 5) is 0. The number of benzene rings is 3. The maximum absolute atomic E-state index is 11.1. The van der Waals surface area contributed by atoms with E-state index in [1.165, 1.54) is 0 Å². The van der Waals surface area contributed by atoms with Crippen LogP contribution < -0.4 is 0 Å². The van der Waals surface area contributed by atoms with Crippen LogP contribution in [0.3, 0.4) is 0 Å². The highest BCUT2D eigenvalue weighted by Crippen LogP contribution is 2.41. The van der Waals surface area contributed by atoms with Gasteiger partial charge in [-0.2, -0.15) is 0 Å². The smallest absolute Gasteiger partial charge is 0.165 e. The molecule has 164 valence electrons. The second-order valence-electron chi connectivity index (χ2n) is 8.35. The zero-order valence-corrected chi connectivity index (χ0v) is 18.3. The Kier molecular flexibility index (Phi) is 6.45. The van der Waals surface area contributed by atoms with Gasteiger partial charge >= 0.3 is 0 Å². The Hall–Kier alpha value is -2.94. The van der Waals surface area contributed by atoms with E-state index in [1.807, 2.05) is 91.0 Å². The summed E-state index contributed by atoms with van der Waals surface area (Å²) >= 11 is 0. The molecule has 1 heterocycles. The molecule has 4 rings (SSSR count). The Balaban J connectivity index is 1.74. The summed E-state index contributed by atoms with van der Waals surface area (Å²) in [6.45, 7) is 3.57. The minimum Gasteiger partial charge on any atom is -0.388 e. The fraction of sp³-hybridized carbons (Fsp3) is 0.286. The maximum Gasteiger partial charge on any atom is 0.165 e. The van der Waals surface area contributed by atoms with E-state index in [2.05, 4.69) is 5.92 Å². The molecule has 0 saturated carbocycles. The molecular formula is C28H28O4. The van der Waals surface area contributed by atoms with Gasteiger partial charge in [0, 0.05) is 0 Å². The maximum atomic E-state index is 11.1. The predicted molar refractivity (Wildman–Crippen MR) is 124 cm³/mol. The Labute approximate surface area is 189 Å². The summed E-state index contributed by atoms with van der Waals surface area (Å²) in [5, 5.41) is 11.1. The first-order valence-corrected chi connectivity index (χ1v) is 10.8. The second kappa shape index (κ2) is 9.28. The van der Waals surface area contributed by atoms with E-state index in [4.69, 9.17) is 20.6 Å². The van der Waals surface area contributed by atoms with Crippen molar-refractivity contribution >= 4 is 0 Å². The highest BCUT2D eigenvalue weighted by Gasteiger charge is 2.45. The van der Waals surface area contributed by atoms with E-state index in [-0.39, 0.29) is 6.61 Å². The van der Waals surface area contributed by atoms with Crippen molar-refractivity contribution in [1.29, 1.82) is 0 Å². The van der Waals surface area contributed by atoms with Crippen molar-refractivity contribution in [2.24, 2.45) is 0 Å². The Morgan fingerprint density at radius 1 is 0.875 bits per heavy atom. The molecule has 1 N–H and O–H groups in total. The number of ether oxygens (including phenoxy) is 3. The predicted octanol–water partition coefficient (Wildman–Crippen LogP) is 4.51. The lowest BCUT2D eigenvalue weighted by molar-refractivity contribution is -0.160. The number of hydrogen-bond donors (Lipinski definition) is 1. The van der Waals surface area contributed by atoms with E-state index in [9.17, 15) is 5.11 Å². The third-order valence-electron chi connectivity index (χ3n) is 5.68. The lowest BCUT2D eigenvalue weighted by atomic mass is 9.80. The summed E-state index contributed by atoms with van der Waals surface area (Å²) in [6, 6.07) is 30.1. The minimum atomic E-state index is -0.978. The molecule has 0 radical (unpaired) electrons. The van der Waals surface area contributed by atoms with Gasteiger partial charge in [-0.15, -0.1) is 6.42 Å². The van der Waals surface area contributed by atoms with Crippen LogP contribution >= 0.6 is 0 Å². The van der Waals surface area contributed by atoms with E-state index in [0.29, 0.717) is 0 Å². The van der Waals surface area contributed by atoms with Crippen LogP contribution in [0.15, 0.2) is 91.0 Å². The average Bonchev–Trinajstić information content (AvgIpc) is 3.16. The van der Waals surface area contributed by atoms with E-state index >= 15 is 0 Å². The van der Waals surface area contributed by atoms with Gasteiger partial charge in [-0.3, -0.25) is 0 Å². The fourth-order valence-electron chi connectivity index (χ4n) is 4.27. The van der Waals surface area contributed by atoms with Gasteiger partial charge in [-0.25, -0.2) is 0 Å². The van der Waals surface area contributed by atoms with Gasteiger partial charge in [-0.05, 0) is 30.5 Å². The number of hydrogen-bond acceptors (Lipinski definition) is 4. The first-order chi connectivity index (χ1) is 15.5. The summed E-state index contributed by atoms with van der Waals surface area (Å²) < 4.78 is 18.3. The molecule has 0 spiro atoms. The SMILES string of the molecule is C#C[C@@H]1OC(C)(C)O[C@@H]1[C@H](O)COC(c1ccccc1)(c1ccccc1)c1ccccc1. The number of rotatable bonds is 7. The summed E-state index contributed by atoms with van der Waals surface area (Å²) in [7, 11) is 0. The van der Waals surface area contributed by atoms with E-state index in [1.54, 1.807) is 13.8 Å². The van der Waals surface area contributed by atoms with Gasteiger partial charge in [0.25, 0.3) is 0 Å². The van der Waals surface area contributed by atoms with Crippen LogP contribution in [0.2, 0.25) is 0 Å². The molecule has 1 aliphatic heterocycles. The molecular weight excluding hydrogens is 400 g/mol. The molecule has 1 aliphatic rings. The molecule has 4 nitrogen and oxygen atoms in total. The van der Waals surface area contributed by atoms with Crippen LogP contribution in [-0.4, -0.2) is 35.8 Å². The molecule has 1 saturated heterocycles. The lowest BCUT2D eigenvalue weighted by Crippen LogP contribution is -2.42. The van der Waals surface area contributed by atoms with Gasteiger partial charge in [-0.1, -0.05) is 96.9 Å². The van der Waals surface area contributed by atoms with Crippen molar-refractivity contribution in [2.45, 2.75) is 43.5 Å². The quantitative estimate of drug-likeness (QED) is 0.444. The molecule has 0 amide bonds. The van der Waals surface area contributed by atoms with Crippen molar-refractivity contribution in [3.8, 4) is 12.3 Å². The molecule has 1 fully saturated rings. The first-order valence-electron chi connectivity index (χ1n) is 10.8. The van der Waals surface area contributed by atoms with Crippen LogP contribution in [-0.2, 0) is 19.8 Å². The topological polar surface area (TPSA) is 47.9 Å². The van der Waals surface area contributed by atoms with Crippen molar-refractivity contribution in [3.05, 3.63) is 108 Å². The monoisotopic (exact) mass is 428 g/mol. The average molecular weight is 429 g/mol. The van der Waals surface area contributed by atoms with Crippen LogP contribution in [0, 0.1) is 12.3 Å². The Morgan fingerprint density at radius 2 is 1.31 bits per heavy atom. The molecule has 0 bridgehead atoms. The van der Waals surface area contributed by atoms with Crippen LogP contribution in [0.1, 0.15) is 30.5 Å². The molecule has 3 aromatic rings. The zero-order chi connectivity index (χ0) is 22.6. The standard InChI is InChI=1S/C28H28O4/c1-4-25-26(32-27(2,3)31-25)24(29)20-30-28(21-14-8-5-9-15-21,22-16-10-6-11-17-22)23-18-12-7-13-19-23/h1,5-19,24-26,29H,20H2,2-3H3/t24-,25+,26-/m1/s1. The lowest BCUT2D eigenvalue weighted by Gasteiger charge is -2.37. The zero-order valence-electron chi connectivity index (χ0n) is 18.3. The second-order valence-corrected chi connectivity index (χ2v) is 8.35. The molecule has 0 aliphatic carbocycles. The highest BCUT2D eigenvalue weighted by molar-refractivity contribution is 5.47. The summed E-state index contributed by atoms with van der Waals surface area (Å²) in [5.74, 6) is 1.72. The van der Waals surface area contributed by atoms with Crippen LogP contribution in [0.5, 0.6) is 0 Å². The van der Waals surface area contributed by atoms with Gasteiger partial charge < -0.3 is 19.3 Å². The van der Waals surface area contributed by atoms with Crippen molar-refractivity contribution < 1.29 is 19.3 Å². The normalized spacial score (nSPS) is 21.1. The van der Waals surface area contributed by atoms with Gasteiger partial charge in [0.2, 0.25) is 0 Å². The molecule has 0 aromatic heterocycles. The summed E-state index contributed by atoms with van der Waals surface area (Å²) in [6.07, 6.45) is 3.32. The van der Waals surface area contributed by atoms with Gasteiger partial charge in [0.1, 0.15) is 23.9 Å². The van der Waals surface area contributed by atoms with Crippen molar-refractivity contribution in [3.63, 3.8) is 0 Å². The Bertz CT molecular complexity index is 944. The third kappa shape index (κ3) is 4.34. The third-order valence-corrected chi connectivity index (χ3v) is 5.68. The fourth-order valence-corrected chi connectivity index (χ4v) is 4.27. The van der Waals surface area contributed by atoms with Crippen LogP contribution in [0.4, 0.5) is 0 Å². The first kappa shape index (κ1) is 22.3. The summed E-state index contributed by atoms with van der Waals surface area (Å²) in [5.41, 5.74) is 1.96. The number of aliphatic hydroxyl groups is 1. The Morgan fingerprint density at radius 3 is 1.72 bits per heavy atom. The van der Waals surface area contributed by atoms with E-state index < -0.39 is 29.7 Å². The van der Waals surface area contributed by atoms with E-state index in [0.717, 1.165) is 16.7 Å². The number of terminal acetylenes is 1. The van der Waals surface area contributed by atoms with Gasteiger partial charge in [0.05, 0.1) is 6.61 Å². The van der Waals surface area contributed by atoms with Crippen LogP contribution in [0.25, 0.3) is 0 Å².